The Kier molecular flexibility index (Phi) is 7.35. The van der Waals surface area contributed by atoms with Gasteiger partial charge in [-0.15, -0.1) is 6.58 Å². The summed E-state index contributed by atoms with van der Waals surface area (Å²) in [6.45, 7) is 5.30. The van der Waals surface area contributed by atoms with Crippen LogP contribution >= 0.6 is 0 Å². The first-order valence-corrected chi connectivity index (χ1v) is 10.4. The van der Waals surface area contributed by atoms with E-state index >= 15 is 0 Å². The molecule has 0 saturated heterocycles. The SMILES string of the molecule is C=CCCC1C=CC(CCc2ccc(-c3ccc(C)c(F)c3C(F)F)cc2)CC1. The lowest BCUT2D eigenvalue weighted by molar-refractivity contribution is 0.147. The van der Waals surface area contributed by atoms with Crippen molar-refractivity contribution in [2.75, 3.05) is 0 Å². The van der Waals surface area contributed by atoms with Gasteiger partial charge in [0, 0.05) is 0 Å². The van der Waals surface area contributed by atoms with Crippen molar-refractivity contribution in [3.63, 3.8) is 0 Å². The summed E-state index contributed by atoms with van der Waals surface area (Å²) in [6.07, 6.45) is 10.6. The second kappa shape index (κ2) is 9.96. The summed E-state index contributed by atoms with van der Waals surface area (Å²) in [4.78, 5) is 0. The molecule has 3 rings (SSSR count). The molecule has 0 saturated carbocycles. The molecule has 0 fully saturated rings. The zero-order valence-corrected chi connectivity index (χ0v) is 17.0. The molecular formula is C26H29F3. The molecule has 0 bridgehead atoms. The molecule has 0 amide bonds. The zero-order valence-electron chi connectivity index (χ0n) is 17.0. The molecule has 0 aromatic heterocycles. The number of benzene rings is 2. The van der Waals surface area contributed by atoms with Crippen molar-refractivity contribution in [2.24, 2.45) is 11.8 Å². The standard InChI is InChI=1S/C26H29F3/c1-3-4-5-19-7-9-20(10-8-19)11-12-21-13-15-22(16-14-21)23-17-6-18(2)25(27)24(23)26(28)29/h3,6-7,9,13-17,19-20,26H,1,4-5,8,10-12H2,2H3. The number of aryl methyl sites for hydroxylation is 2. The minimum atomic E-state index is -2.84. The van der Waals surface area contributed by atoms with E-state index in [0.717, 1.165) is 19.3 Å². The van der Waals surface area contributed by atoms with Crippen molar-refractivity contribution in [3.8, 4) is 11.1 Å². The quantitative estimate of drug-likeness (QED) is 0.393. The van der Waals surface area contributed by atoms with Gasteiger partial charge in [0.2, 0.25) is 0 Å². The molecule has 0 radical (unpaired) electrons. The summed E-state index contributed by atoms with van der Waals surface area (Å²) in [7, 11) is 0. The van der Waals surface area contributed by atoms with Gasteiger partial charge < -0.3 is 0 Å². The average Bonchev–Trinajstić information content (AvgIpc) is 2.73. The normalized spacial score (nSPS) is 18.9. The van der Waals surface area contributed by atoms with Crippen LogP contribution in [0.25, 0.3) is 11.1 Å². The van der Waals surface area contributed by atoms with Gasteiger partial charge in [-0.3, -0.25) is 0 Å². The van der Waals surface area contributed by atoms with Crippen molar-refractivity contribution >= 4 is 0 Å². The second-order valence-electron chi connectivity index (χ2n) is 8.04. The average molecular weight is 399 g/mol. The summed E-state index contributed by atoms with van der Waals surface area (Å²) in [5, 5.41) is 0. The molecule has 3 heteroatoms. The van der Waals surface area contributed by atoms with Crippen molar-refractivity contribution in [3.05, 3.63) is 83.7 Å². The maximum Gasteiger partial charge on any atom is 0.267 e. The maximum atomic E-state index is 14.2. The summed E-state index contributed by atoms with van der Waals surface area (Å²) in [6, 6.07) is 10.7. The Morgan fingerprint density at radius 1 is 1.00 bits per heavy atom. The maximum absolute atomic E-state index is 14.2. The van der Waals surface area contributed by atoms with E-state index in [0.29, 0.717) is 17.4 Å². The van der Waals surface area contributed by atoms with Gasteiger partial charge in [0.1, 0.15) is 5.82 Å². The molecule has 0 spiro atoms. The lowest BCUT2D eigenvalue weighted by Crippen LogP contribution is -2.09. The lowest BCUT2D eigenvalue weighted by Gasteiger charge is -2.22. The Labute approximate surface area is 172 Å². The third-order valence-corrected chi connectivity index (χ3v) is 5.97. The minimum Gasteiger partial charge on any atom is -0.206 e. The Hall–Kier alpha value is -2.29. The van der Waals surface area contributed by atoms with Crippen LogP contribution in [0.1, 0.15) is 55.2 Å². The molecule has 0 aliphatic heterocycles. The van der Waals surface area contributed by atoms with Gasteiger partial charge in [0.15, 0.2) is 0 Å². The Balaban J connectivity index is 1.63. The molecule has 0 heterocycles. The van der Waals surface area contributed by atoms with Crippen LogP contribution in [0.3, 0.4) is 0 Å². The summed E-state index contributed by atoms with van der Waals surface area (Å²) in [5.41, 5.74) is 1.83. The van der Waals surface area contributed by atoms with Crippen LogP contribution < -0.4 is 0 Å². The van der Waals surface area contributed by atoms with Crippen molar-refractivity contribution in [1.29, 1.82) is 0 Å². The molecule has 2 aromatic rings. The molecule has 0 nitrogen and oxygen atoms in total. The van der Waals surface area contributed by atoms with Crippen LogP contribution in [0.15, 0.2) is 61.2 Å². The fourth-order valence-corrected chi connectivity index (χ4v) is 4.12. The van der Waals surface area contributed by atoms with Gasteiger partial charge in [0.25, 0.3) is 6.43 Å². The first-order chi connectivity index (χ1) is 14.0. The predicted molar refractivity (Wildman–Crippen MR) is 115 cm³/mol. The highest BCUT2D eigenvalue weighted by Gasteiger charge is 2.21. The third-order valence-electron chi connectivity index (χ3n) is 5.97. The van der Waals surface area contributed by atoms with E-state index in [1.165, 1.54) is 31.7 Å². The number of alkyl halides is 2. The third kappa shape index (κ3) is 5.41. The number of halogens is 3. The number of hydrogen-bond donors (Lipinski definition) is 0. The summed E-state index contributed by atoms with van der Waals surface area (Å²) >= 11 is 0. The van der Waals surface area contributed by atoms with Gasteiger partial charge in [-0.25, -0.2) is 13.2 Å². The van der Waals surface area contributed by atoms with Crippen molar-refractivity contribution in [1.82, 2.24) is 0 Å². The molecule has 1 aliphatic rings. The second-order valence-corrected chi connectivity index (χ2v) is 8.04. The van der Waals surface area contributed by atoms with Gasteiger partial charge in [-0.1, -0.05) is 54.6 Å². The molecule has 1 aliphatic carbocycles. The lowest BCUT2D eigenvalue weighted by atomic mass is 9.83. The van der Waals surface area contributed by atoms with E-state index in [4.69, 9.17) is 0 Å². The van der Waals surface area contributed by atoms with Crippen molar-refractivity contribution in [2.45, 2.75) is 51.9 Å². The van der Waals surface area contributed by atoms with E-state index in [1.807, 2.05) is 30.3 Å². The smallest absolute Gasteiger partial charge is 0.206 e. The fraction of sp³-hybridized carbons (Fsp3) is 0.385. The molecule has 29 heavy (non-hydrogen) atoms. The molecular weight excluding hydrogens is 369 g/mol. The molecule has 2 unspecified atom stereocenters. The van der Waals surface area contributed by atoms with Crippen LogP contribution in [-0.4, -0.2) is 0 Å². The number of allylic oxidation sites excluding steroid dienone is 3. The summed E-state index contributed by atoms with van der Waals surface area (Å²) in [5.74, 6) is 0.478. The topological polar surface area (TPSA) is 0 Å². The molecule has 2 atom stereocenters. The van der Waals surface area contributed by atoms with Gasteiger partial charge in [-0.2, -0.15) is 0 Å². The van der Waals surface area contributed by atoms with Crippen LogP contribution in [0, 0.1) is 24.6 Å². The molecule has 0 N–H and O–H groups in total. The Morgan fingerprint density at radius 3 is 2.24 bits per heavy atom. The monoisotopic (exact) mass is 398 g/mol. The van der Waals surface area contributed by atoms with Crippen molar-refractivity contribution < 1.29 is 13.2 Å². The van der Waals surface area contributed by atoms with Crippen LogP contribution in [0.2, 0.25) is 0 Å². The van der Waals surface area contributed by atoms with E-state index in [-0.39, 0.29) is 11.1 Å². The number of rotatable bonds is 8. The molecule has 154 valence electrons. The van der Waals surface area contributed by atoms with Gasteiger partial charge in [0.05, 0.1) is 5.56 Å². The van der Waals surface area contributed by atoms with E-state index < -0.39 is 17.8 Å². The van der Waals surface area contributed by atoms with E-state index in [1.54, 1.807) is 12.1 Å². The van der Waals surface area contributed by atoms with Crippen LogP contribution in [0.4, 0.5) is 13.2 Å². The fourth-order valence-electron chi connectivity index (χ4n) is 4.12. The van der Waals surface area contributed by atoms with Gasteiger partial charge >= 0.3 is 0 Å². The van der Waals surface area contributed by atoms with E-state index in [9.17, 15) is 13.2 Å². The Bertz CT molecular complexity index is 849. The zero-order chi connectivity index (χ0) is 20.8. The highest BCUT2D eigenvalue weighted by atomic mass is 19.3. The largest absolute Gasteiger partial charge is 0.267 e. The number of hydrogen-bond acceptors (Lipinski definition) is 0. The van der Waals surface area contributed by atoms with Gasteiger partial charge in [-0.05, 0) is 79.5 Å². The minimum absolute atomic E-state index is 0.243. The summed E-state index contributed by atoms with van der Waals surface area (Å²) < 4.78 is 41.0. The first-order valence-electron chi connectivity index (χ1n) is 10.4. The highest BCUT2D eigenvalue weighted by molar-refractivity contribution is 5.68. The highest BCUT2D eigenvalue weighted by Crippen LogP contribution is 2.35. The van der Waals surface area contributed by atoms with E-state index in [2.05, 4.69) is 18.7 Å². The predicted octanol–water partition coefficient (Wildman–Crippen LogP) is 8.22. The Morgan fingerprint density at radius 2 is 1.66 bits per heavy atom. The van der Waals surface area contributed by atoms with Crippen LogP contribution in [0.5, 0.6) is 0 Å². The van der Waals surface area contributed by atoms with Crippen LogP contribution in [-0.2, 0) is 6.42 Å². The molecule has 2 aromatic carbocycles. The first kappa shape index (κ1) is 21.4.